The van der Waals surface area contributed by atoms with Crippen LogP contribution >= 0.6 is 11.3 Å². The number of aromatic nitrogens is 1. The van der Waals surface area contributed by atoms with Crippen LogP contribution in [0.3, 0.4) is 0 Å². The molecular formula is C13H3F4NO2S. The summed E-state index contributed by atoms with van der Waals surface area (Å²) in [6, 6.07) is 0.431. The Hall–Kier alpha value is -2.35. The van der Waals surface area contributed by atoms with E-state index in [1.54, 1.807) is 0 Å². The van der Waals surface area contributed by atoms with E-state index in [2.05, 4.69) is 4.98 Å². The number of ketones is 2. The molecule has 0 amide bonds. The third kappa shape index (κ3) is 1.99. The fourth-order valence-corrected chi connectivity index (χ4v) is 2.80. The molecule has 0 saturated heterocycles. The zero-order chi connectivity index (χ0) is 15.3. The number of thiazole rings is 1. The van der Waals surface area contributed by atoms with Crippen LogP contribution in [0.25, 0.3) is 10.6 Å². The van der Waals surface area contributed by atoms with Crippen molar-refractivity contribution in [2.75, 3.05) is 0 Å². The van der Waals surface area contributed by atoms with Gasteiger partial charge in [0.25, 0.3) is 0 Å². The van der Waals surface area contributed by atoms with Crippen molar-refractivity contribution in [3.05, 3.63) is 52.1 Å². The van der Waals surface area contributed by atoms with E-state index in [4.69, 9.17) is 0 Å². The Balaban J connectivity index is 2.22. The molecule has 1 heterocycles. The molecule has 0 spiro atoms. The fraction of sp³-hybridized carbons (Fsp3) is 0. The molecule has 0 aliphatic heterocycles. The third-order valence-electron chi connectivity index (χ3n) is 2.80. The van der Waals surface area contributed by atoms with E-state index in [-0.39, 0.29) is 15.6 Å². The van der Waals surface area contributed by atoms with Crippen LogP contribution in [0.4, 0.5) is 17.6 Å². The maximum absolute atomic E-state index is 13.7. The van der Waals surface area contributed by atoms with E-state index >= 15 is 0 Å². The van der Waals surface area contributed by atoms with Crippen LogP contribution in [0.1, 0.15) is 20.2 Å². The van der Waals surface area contributed by atoms with Gasteiger partial charge in [-0.15, -0.1) is 11.3 Å². The number of hydrogen-bond donors (Lipinski definition) is 0. The van der Waals surface area contributed by atoms with Crippen molar-refractivity contribution in [3.63, 3.8) is 0 Å². The summed E-state index contributed by atoms with van der Waals surface area (Å²) in [4.78, 5) is 26.8. The Morgan fingerprint density at radius 3 is 2.24 bits per heavy atom. The van der Waals surface area contributed by atoms with Gasteiger partial charge in [0.2, 0.25) is 5.78 Å². The molecule has 3 nitrogen and oxygen atoms in total. The van der Waals surface area contributed by atoms with E-state index in [9.17, 15) is 27.2 Å². The maximum atomic E-state index is 13.7. The van der Waals surface area contributed by atoms with Crippen LogP contribution in [-0.4, -0.2) is 16.6 Å². The second kappa shape index (κ2) is 4.59. The average Bonchev–Trinajstić information content (AvgIpc) is 2.91. The summed E-state index contributed by atoms with van der Waals surface area (Å²) in [6.07, 6.45) is 2.02. The quantitative estimate of drug-likeness (QED) is 0.461. The van der Waals surface area contributed by atoms with Gasteiger partial charge in [0, 0.05) is 0 Å². The molecule has 0 atom stereocenters. The van der Waals surface area contributed by atoms with Gasteiger partial charge in [-0.05, 0) is 18.2 Å². The predicted octanol–water partition coefficient (Wildman–Crippen LogP) is 3.30. The van der Waals surface area contributed by atoms with Crippen molar-refractivity contribution in [2.24, 2.45) is 0 Å². The molecule has 8 heteroatoms. The highest BCUT2D eigenvalue weighted by molar-refractivity contribution is 7.17. The highest BCUT2D eigenvalue weighted by Crippen LogP contribution is 2.34. The van der Waals surface area contributed by atoms with Crippen molar-refractivity contribution in [3.8, 4) is 10.6 Å². The maximum Gasteiger partial charge on any atom is 0.205 e. The number of nitrogens with zero attached hydrogens (tertiary/aromatic N) is 1. The average molecular weight is 313 g/mol. The normalized spacial score (nSPS) is 13.7. The Morgan fingerprint density at radius 2 is 1.57 bits per heavy atom. The molecule has 0 fully saturated rings. The van der Waals surface area contributed by atoms with E-state index in [1.165, 1.54) is 0 Å². The molecule has 1 aromatic heterocycles. The number of carbonyl (C=O) groups excluding carboxylic acids is 2. The third-order valence-corrected chi connectivity index (χ3v) is 3.91. The molecule has 0 N–H and O–H groups in total. The monoisotopic (exact) mass is 313 g/mol. The van der Waals surface area contributed by atoms with Crippen LogP contribution in [0.5, 0.6) is 0 Å². The Bertz CT molecular complexity index is 806. The lowest BCUT2D eigenvalue weighted by molar-refractivity contribution is 0.0994. The molecule has 0 unspecified atom stereocenters. The molecule has 0 radical (unpaired) electrons. The van der Waals surface area contributed by atoms with Crippen molar-refractivity contribution in [1.82, 2.24) is 4.98 Å². The van der Waals surface area contributed by atoms with Gasteiger partial charge in [-0.1, -0.05) is 0 Å². The zero-order valence-corrected chi connectivity index (χ0v) is 10.7. The van der Waals surface area contributed by atoms with Gasteiger partial charge in [0.05, 0.1) is 5.56 Å². The lowest BCUT2D eigenvalue weighted by atomic mass is 10.1. The second-order valence-electron chi connectivity index (χ2n) is 4.11. The summed E-state index contributed by atoms with van der Waals surface area (Å²) in [5.74, 6) is -8.23. The minimum atomic E-state index is -1.98. The summed E-state index contributed by atoms with van der Waals surface area (Å²) in [5, 5.41) is -0.277. The lowest BCUT2D eigenvalue weighted by Gasteiger charge is -2.02. The molecule has 21 heavy (non-hydrogen) atoms. The minimum absolute atomic E-state index is 0.0537. The molecule has 0 saturated carbocycles. The first-order chi connectivity index (χ1) is 9.90. The first kappa shape index (κ1) is 13.6. The van der Waals surface area contributed by atoms with E-state index < -0.39 is 40.4 Å². The van der Waals surface area contributed by atoms with Crippen molar-refractivity contribution in [2.45, 2.75) is 0 Å². The number of hydrogen-bond acceptors (Lipinski definition) is 4. The number of carbonyl (C=O) groups is 2. The fourth-order valence-electron chi connectivity index (χ4n) is 1.80. The smallest absolute Gasteiger partial charge is 0.205 e. The van der Waals surface area contributed by atoms with Crippen LogP contribution in [-0.2, 0) is 0 Å². The molecule has 3 rings (SSSR count). The number of rotatable bonds is 1. The summed E-state index contributed by atoms with van der Waals surface area (Å²) in [7, 11) is 0. The first-order valence-electron chi connectivity index (χ1n) is 5.51. The predicted molar refractivity (Wildman–Crippen MR) is 65.2 cm³/mol. The highest BCUT2D eigenvalue weighted by Gasteiger charge is 2.28. The number of allylic oxidation sites excluding steroid dienone is 2. The molecule has 1 aliphatic rings. The molecule has 0 bridgehead atoms. The summed E-state index contributed by atoms with van der Waals surface area (Å²) in [6.45, 7) is 0. The lowest BCUT2D eigenvalue weighted by Crippen LogP contribution is -2.08. The standard InChI is InChI=1S/C13H3F4NO2S/c14-5-3-4(8(15)10(17)9(5)16)13-18-11-6(19)1-2-7(20)12(11)21-13/h1-3H. The van der Waals surface area contributed by atoms with Gasteiger partial charge in [-0.2, -0.15) is 0 Å². The largest absolute Gasteiger partial charge is 0.288 e. The van der Waals surface area contributed by atoms with E-state index in [0.717, 1.165) is 12.2 Å². The van der Waals surface area contributed by atoms with Crippen LogP contribution < -0.4 is 0 Å². The summed E-state index contributed by atoms with van der Waals surface area (Å²) < 4.78 is 53.0. The number of fused-ring (bicyclic) bond motifs is 1. The van der Waals surface area contributed by atoms with E-state index in [1.807, 2.05) is 0 Å². The zero-order valence-electron chi connectivity index (χ0n) is 9.92. The van der Waals surface area contributed by atoms with Gasteiger partial charge in [0.1, 0.15) is 15.6 Å². The first-order valence-corrected chi connectivity index (χ1v) is 6.32. The Morgan fingerprint density at radius 1 is 0.905 bits per heavy atom. The topological polar surface area (TPSA) is 47.0 Å². The Labute approximate surface area is 118 Å². The molecule has 1 aliphatic carbocycles. The molecular weight excluding hydrogens is 310 g/mol. The van der Waals surface area contributed by atoms with Gasteiger partial charge in [0.15, 0.2) is 29.1 Å². The van der Waals surface area contributed by atoms with Gasteiger partial charge >= 0.3 is 0 Å². The summed E-state index contributed by atoms with van der Waals surface area (Å²) in [5.41, 5.74) is -0.863. The SMILES string of the molecule is O=C1C=CC(=O)c2sc(-c3cc(F)c(F)c(F)c3F)nc21. The molecule has 1 aromatic carbocycles. The van der Waals surface area contributed by atoms with Crippen molar-refractivity contribution < 1.29 is 27.2 Å². The van der Waals surface area contributed by atoms with Gasteiger partial charge < -0.3 is 0 Å². The van der Waals surface area contributed by atoms with Crippen molar-refractivity contribution in [1.29, 1.82) is 0 Å². The summed E-state index contributed by atoms with van der Waals surface area (Å²) >= 11 is 0.609. The minimum Gasteiger partial charge on any atom is -0.288 e. The highest BCUT2D eigenvalue weighted by atomic mass is 32.1. The Kier molecular flexibility index (Phi) is 2.98. The second-order valence-corrected chi connectivity index (χ2v) is 5.11. The number of benzene rings is 1. The van der Waals surface area contributed by atoms with Crippen LogP contribution in [0.15, 0.2) is 18.2 Å². The van der Waals surface area contributed by atoms with Gasteiger partial charge in [-0.25, -0.2) is 22.5 Å². The van der Waals surface area contributed by atoms with Crippen molar-refractivity contribution >= 4 is 22.9 Å². The van der Waals surface area contributed by atoms with Crippen LogP contribution in [0.2, 0.25) is 0 Å². The molecule has 106 valence electrons. The van der Waals surface area contributed by atoms with Crippen LogP contribution in [0, 0.1) is 23.3 Å². The van der Waals surface area contributed by atoms with E-state index in [0.29, 0.717) is 17.4 Å². The van der Waals surface area contributed by atoms with Gasteiger partial charge in [-0.3, -0.25) is 9.59 Å². The number of halogens is 4. The molecule has 2 aromatic rings.